The van der Waals surface area contributed by atoms with Crippen molar-refractivity contribution in [3.8, 4) is 0 Å². The molecule has 0 amide bonds. The Balaban J connectivity index is 2.02. The summed E-state index contributed by atoms with van der Waals surface area (Å²) in [5, 5.41) is 19.9. The summed E-state index contributed by atoms with van der Waals surface area (Å²) in [6.07, 6.45) is 3.65. The van der Waals surface area contributed by atoms with E-state index in [9.17, 15) is 14.6 Å². The Morgan fingerprint density at radius 3 is 2.76 bits per heavy atom. The van der Waals surface area contributed by atoms with Crippen LogP contribution in [0.4, 0.5) is 4.39 Å². The van der Waals surface area contributed by atoms with Crippen molar-refractivity contribution in [1.82, 2.24) is 4.90 Å². The number of hydrogen-bond acceptors (Lipinski definition) is 3. The predicted molar refractivity (Wildman–Crippen MR) is 81.4 cm³/mol. The molecule has 1 fully saturated rings. The van der Waals surface area contributed by atoms with E-state index < -0.39 is 6.10 Å². The smallest absolute Gasteiger partial charge is 0.129 e. The summed E-state index contributed by atoms with van der Waals surface area (Å²) in [7, 11) is 0. The zero-order valence-corrected chi connectivity index (χ0v) is 12.7. The molecule has 0 saturated carbocycles. The zero-order chi connectivity index (χ0) is 15.2. The summed E-state index contributed by atoms with van der Waals surface area (Å²) >= 11 is 0. The van der Waals surface area contributed by atoms with E-state index in [0.29, 0.717) is 12.1 Å². The first-order valence-electron chi connectivity index (χ1n) is 7.91. The molecule has 0 aliphatic carbocycles. The lowest BCUT2D eigenvalue weighted by Crippen LogP contribution is -2.41. The monoisotopic (exact) mass is 295 g/mol. The number of halogens is 1. The summed E-state index contributed by atoms with van der Waals surface area (Å²) in [6, 6.07) is 6.57. The fourth-order valence-corrected chi connectivity index (χ4v) is 3.18. The lowest BCUT2D eigenvalue weighted by atomic mass is 9.95. The Morgan fingerprint density at radius 1 is 1.29 bits per heavy atom. The van der Waals surface area contributed by atoms with Gasteiger partial charge in [-0.1, -0.05) is 38.0 Å². The number of rotatable bonds is 5. The minimum Gasteiger partial charge on any atom is -0.395 e. The lowest BCUT2D eigenvalue weighted by Gasteiger charge is -2.32. The molecule has 1 aliphatic heterocycles. The number of nitrogens with zero attached hydrogens (tertiary/aromatic N) is 1. The number of benzene rings is 1. The van der Waals surface area contributed by atoms with Gasteiger partial charge in [-0.2, -0.15) is 0 Å². The molecular formula is C17H26FNO2. The molecular weight excluding hydrogens is 269 g/mol. The highest BCUT2D eigenvalue weighted by molar-refractivity contribution is 5.20. The first-order valence-corrected chi connectivity index (χ1v) is 7.91. The molecule has 4 heteroatoms. The molecule has 2 rings (SSSR count). The third kappa shape index (κ3) is 4.25. The van der Waals surface area contributed by atoms with Gasteiger partial charge in [0.25, 0.3) is 0 Å². The van der Waals surface area contributed by atoms with Crippen molar-refractivity contribution in [3.05, 3.63) is 35.6 Å². The average Bonchev–Trinajstić information content (AvgIpc) is 2.72. The second-order valence-corrected chi connectivity index (χ2v) is 6.12. The Morgan fingerprint density at radius 2 is 2.05 bits per heavy atom. The van der Waals surface area contributed by atoms with Crippen LogP contribution < -0.4 is 0 Å². The molecule has 2 N–H and O–H groups in total. The van der Waals surface area contributed by atoms with Crippen molar-refractivity contribution >= 4 is 0 Å². The Labute approximate surface area is 126 Å². The minimum atomic E-state index is -0.811. The van der Waals surface area contributed by atoms with E-state index in [4.69, 9.17) is 0 Å². The maximum atomic E-state index is 13.8. The van der Waals surface area contributed by atoms with E-state index in [1.54, 1.807) is 18.2 Å². The molecule has 0 bridgehead atoms. The van der Waals surface area contributed by atoms with Crippen molar-refractivity contribution in [2.75, 3.05) is 19.7 Å². The summed E-state index contributed by atoms with van der Waals surface area (Å²) in [5.74, 6) is -0.430. The van der Waals surface area contributed by atoms with Gasteiger partial charge in [0, 0.05) is 18.2 Å². The van der Waals surface area contributed by atoms with Crippen LogP contribution in [-0.2, 0) is 0 Å². The van der Waals surface area contributed by atoms with Crippen LogP contribution in [0.25, 0.3) is 0 Å². The fraction of sp³-hybridized carbons (Fsp3) is 0.647. The van der Waals surface area contributed by atoms with Crippen LogP contribution in [0.15, 0.2) is 24.3 Å². The number of likely N-dealkylation sites (tertiary alicyclic amines) is 1. The van der Waals surface area contributed by atoms with E-state index in [1.807, 2.05) is 6.92 Å². The SMILES string of the molecule is CC(CN1CCCCCC1CO)C(O)c1ccccc1F. The molecule has 0 spiro atoms. The van der Waals surface area contributed by atoms with Crippen LogP contribution in [0.1, 0.15) is 44.3 Å². The van der Waals surface area contributed by atoms with Crippen molar-refractivity contribution in [1.29, 1.82) is 0 Å². The van der Waals surface area contributed by atoms with Gasteiger partial charge in [-0.15, -0.1) is 0 Å². The molecule has 1 aliphatic rings. The third-order valence-electron chi connectivity index (χ3n) is 4.50. The molecule has 118 valence electrons. The molecule has 3 nitrogen and oxygen atoms in total. The highest BCUT2D eigenvalue weighted by Crippen LogP contribution is 2.26. The van der Waals surface area contributed by atoms with Gasteiger partial charge in [-0.25, -0.2) is 4.39 Å². The Kier molecular flexibility index (Phi) is 6.15. The number of aliphatic hydroxyl groups is 2. The lowest BCUT2D eigenvalue weighted by molar-refractivity contribution is 0.0559. The van der Waals surface area contributed by atoms with Crippen molar-refractivity contribution in [2.24, 2.45) is 5.92 Å². The molecule has 3 atom stereocenters. The van der Waals surface area contributed by atoms with Crippen LogP contribution in [0.5, 0.6) is 0 Å². The van der Waals surface area contributed by atoms with Crippen LogP contribution in [0.2, 0.25) is 0 Å². The predicted octanol–water partition coefficient (Wildman–Crippen LogP) is 2.73. The maximum absolute atomic E-state index is 13.8. The minimum absolute atomic E-state index is 0.0750. The van der Waals surface area contributed by atoms with E-state index >= 15 is 0 Å². The van der Waals surface area contributed by atoms with E-state index in [2.05, 4.69) is 4.90 Å². The van der Waals surface area contributed by atoms with Crippen LogP contribution in [-0.4, -0.2) is 40.9 Å². The molecule has 1 aromatic carbocycles. The molecule has 21 heavy (non-hydrogen) atoms. The molecule has 0 radical (unpaired) electrons. The maximum Gasteiger partial charge on any atom is 0.129 e. The van der Waals surface area contributed by atoms with E-state index in [-0.39, 0.29) is 24.4 Å². The van der Waals surface area contributed by atoms with Gasteiger partial charge >= 0.3 is 0 Å². The van der Waals surface area contributed by atoms with Crippen molar-refractivity contribution in [3.63, 3.8) is 0 Å². The first-order chi connectivity index (χ1) is 10.1. The van der Waals surface area contributed by atoms with Gasteiger partial charge in [-0.05, 0) is 31.4 Å². The molecule has 1 saturated heterocycles. The normalized spacial score (nSPS) is 23.5. The number of aliphatic hydroxyl groups excluding tert-OH is 2. The standard InChI is InChI=1S/C17H26FNO2/c1-13(17(21)15-8-4-5-9-16(15)18)11-19-10-6-2-3-7-14(19)12-20/h4-5,8-9,13-14,17,20-21H,2-3,6-7,10-12H2,1H3. The third-order valence-corrected chi connectivity index (χ3v) is 4.50. The zero-order valence-electron chi connectivity index (χ0n) is 12.7. The molecule has 1 heterocycles. The molecule has 3 unspecified atom stereocenters. The summed E-state index contributed by atoms with van der Waals surface area (Å²) < 4.78 is 13.8. The van der Waals surface area contributed by atoms with Crippen LogP contribution in [0, 0.1) is 11.7 Å². The second kappa shape index (κ2) is 7.87. The highest BCUT2D eigenvalue weighted by Gasteiger charge is 2.26. The molecule has 1 aromatic rings. The van der Waals surface area contributed by atoms with Gasteiger partial charge in [0.1, 0.15) is 5.82 Å². The fourth-order valence-electron chi connectivity index (χ4n) is 3.18. The van der Waals surface area contributed by atoms with Crippen molar-refractivity contribution in [2.45, 2.75) is 44.8 Å². The van der Waals surface area contributed by atoms with Gasteiger partial charge in [0.2, 0.25) is 0 Å². The van der Waals surface area contributed by atoms with E-state index in [0.717, 1.165) is 25.8 Å². The summed E-state index contributed by atoms with van der Waals surface area (Å²) in [4.78, 5) is 2.25. The van der Waals surface area contributed by atoms with Crippen LogP contribution in [0.3, 0.4) is 0 Å². The van der Waals surface area contributed by atoms with Gasteiger partial charge in [0.05, 0.1) is 12.7 Å². The summed E-state index contributed by atoms with van der Waals surface area (Å²) in [5.41, 5.74) is 0.361. The van der Waals surface area contributed by atoms with Gasteiger partial charge in [0.15, 0.2) is 0 Å². The first kappa shape index (κ1) is 16.4. The quantitative estimate of drug-likeness (QED) is 0.878. The van der Waals surface area contributed by atoms with E-state index in [1.165, 1.54) is 12.5 Å². The van der Waals surface area contributed by atoms with Gasteiger partial charge in [-0.3, -0.25) is 4.90 Å². The topological polar surface area (TPSA) is 43.7 Å². The average molecular weight is 295 g/mol. The Bertz CT molecular complexity index is 441. The Hall–Kier alpha value is -0.970. The highest BCUT2D eigenvalue weighted by atomic mass is 19.1. The molecule has 0 aromatic heterocycles. The van der Waals surface area contributed by atoms with Crippen molar-refractivity contribution < 1.29 is 14.6 Å². The number of hydrogen-bond donors (Lipinski definition) is 2. The summed E-state index contributed by atoms with van der Waals surface area (Å²) in [6.45, 7) is 3.72. The second-order valence-electron chi connectivity index (χ2n) is 6.12. The van der Waals surface area contributed by atoms with Gasteiger partial charge < -0.3 is 10.2 Å². The largest absolute Gasteiger partial charge is 0.395 e. The van der Waals surface area contributed by atoms with Crippen LogP contribution >= 0.6 is 0 Å².